The Morgan fingerprint density at radius 3 is 2.10 bits per heavy atom. The highest BCUT2D eigenvalue weighted by Crippen LogP contribution is 2.23. The van der Waals surface area contributed by atoms with Gasteiger partial charge in [0.2, 0.25) is 5.91 Å². The molecule has 4 rings (SSSR count). The molecular weight excluding hydrogens is 503 g/mol. The number of rotatable bonds is 10. The maximum atomic E-state index is 13.1. The van der Waals surface area contributed by atoms with Gasteiger partial charge in [-0.05, 0) is 59.5 Å². The van der Waals surface area contributed by atoms with Gasteiger partial charge in [0.05, 0.1) is 25.2 Å². The van der Waals surface area contributed by atoms with Crippen LogP contribution >= 0.6 is 0 Å². The Morgan fingerprint density at radius 1 is 0.897 bits per heavy atom. The average molecular weight is 531 g/mol. The number of aromatic nitrogens is 3. The first-order valence-electron chi connectivity index (χ1n) is 12.1. The van der Waals surface area contributed by atoms with Crippen LogP contribution in [0.1, 0.15) is 44.4 Å². The second-order valence-electron chi connectivity index (χ2n) is 8.83. The van der Waals surface area contributed by atoms with E-state index in [9.17, 15) is 18.8 Å². The molecule has 10 nitrogen and oxygen atoms in total. The van der Waals surface area contributed by atoms with Crippen LogP contribution in [-0.2, 0) is 17.8 Å². The van der Waals surface area contributed by atoms with Crippen molar-refractivity contribution >= 4 is 17.7 Å². The number of hydrogen-bond acceptors (Lipinski definition) is 6. The predicted molar refractivity (Wildman–Crippen MR) is 140 cm³/mol. The number of benzene rings is 3. The lowest BCUT2D eigenvalue weighted by molar-refractivity contribution is -0.130. The monoisotopic (exact) mass is 530 g/mol. The molecule has 1 heterocycles. The molecule has 0 spiro atoms. The summed E-state index contributed by atoms with van der Waals surface area (Å²) in [5, 5.41) is 22.6. The number of hydrogen-bond donors (Lipinski definition) is 4. The van der Waals surface area contributed by atoms with Crippen LogP contribution in [0.15, 0.2) is 79.0 Å². The third-order valence-corrected chi connectivity index (χ3v) is 6.15. The van der Waals surface area contributed by atoms with Gasteiger partial charge in [-0.15, -0.1) is 5.10 Å². The normalized spacial score (nSPS) is 11.5. The molecule has 0 saturated heterocycles. The third-order valence-electron chi connectivity index (χ3n) is 6.15. The van der Waals surface area contributed by atoms with Gasteiger partial charge in [0.1, 0.15) is 11.5 Å². The maximum absolute atomic E-state index is 13.1. The Morgan fingerprint density at radius 2 is 1.49 bits per heavy atom. The maximum Gasteiger partial charge on any atom is 0.251 e. The highest BCUT2D eigenvalue weighted by molar-refractivity contribution is 5.94. The minimum absolute atomic E-state index is 0.0516. The molecule has 1 aromatic heterocycles. The molecule has 0 bridgehead atoms. The van der Waals surface area contributed by atoms with Gasteiger partial charge >= 0.3 is 0 Å². The molecule has 0 radical (unpaired) electrons. The Bertz CT molecular complexity index is 1440. The van der Waals surface area contributed by atoms with Gasteiger partial charge in [-0.25, -0.2) is 14.6 Å². The molecule has 3 amide bonds. The number of amides is 3. The summed E-state index contributed by atoms with van der Waals surface area (Å²) in [7, 11) is 1.58. The second kappa shape index (κ2) is 12.6. The van der Waals surface area contributed by atoms with Gasteiger partial charge in [0.15, 0.2) is 0 Å². The van der Waals surface area contributed by atoms with E-state index in [4.69, 9.17) is 5.21 Å². The van der Waals surface area contributed by atoms with Crippen LogP contribution in [0.3, 0.4) is 0 Å². The van der Waals surface area contributed by atoms with Crippen LogP contribution in [0.2, 0.25) is 0 Å². The molecule has 0 fully saturated rings. The van der Waals surface area contributed by atoms with Gasteiger partial charge in [-0.1, -0.05) is 41.6 Å². The summed E-state index contributed by atoms with van der Waals surface area (Å²) in [5.74, 6) is -1.54. The molecule has 0 aliphatic rings. The van der Waals surface area contributed by atoms with Gasteiger partial charge in [-0.2, -0.15) is 0 Å². The Labute approximate surface area is 223 Å². The van der Waals surface area contributed by atoms with E-state index in [1.165, 1.54) is 28.9 Å². The summed E-state index contributed by atoms with van der Waals surface area (Å²) >= 11 is 0. The van der Waals surface area contributed by atoms with Crippen molar-refractivity contribution in [1.82, 2.24) is 31.1 Å². The van der Waals surface area contributed by atoms with Gasteiger partial charge in [0.25, 0.3) is 11.8 Å². The molecule has 1 atom stereocenters. The van der Waals surface area contributed by atoms with E-state index in [0.717, 1.165) is 16.7 Å². The molecule has 4 aromatic rings. The molecule has 0 aliphatic carbocycles. The van der Waals surface area contributed by atoms with Crippen molar-refractivity contribution in [3.8, 4) is 11.1 Å². The first kappa shape index (κ1) is 27.1. The molecule has 4 N–H and O–H groups in total. The fraction of sp³-hybridized carbons (Fsp3) is 0.179. The summed E-state index contributed by atoms with van der Waals surface area (Å²) in [4.78, 5) is 36.1. The topological polar surface area (TPSA) is 138 Å². The number of hydroxylamine groups is 1. The summed E-state index contributed by atoms with van der Waals surface area (Å²) in [6.45, 7) is 0.0858. The van der Waals surface area contributed by atoms with E-state index in [-0.39, 0.29) is 24.8 Å². The van der Waals surface area contributed by atoms with Crippen molar-refractivity contribution in [2.75, 3.05) is 7.05 Å². The van der Waals surface area contributed by atoms with Crippen LogP contribution in [0.25, 0.3) is 11.1 Å². The zero-order valence-corrected chi connectivity index (χ0v) is 21.1. The first-order chi connectivity index (χ1) is 18.9. The summed E-state index contributed by atoms with van der Waals surface area (Å²) in [6, 6.07) is 19.8. The van der Waals surface area contributed by atoms with E-state index >= 15 is 0 Å². The van der Waals surface area contributed by atoms with Gasteiger partial charge in [0, 0.05) is 18.2 Å². The largest absolute Gasteiger partial charge is 0.355 e. The third kappa shape index (κ3) is 7.11. The van der Waals surface area contributed by atoms with Crippen LogP contribution in [0, 0.1) is 5.82 Å². The number of carbonyl (C=O) groups is 3. The lowest BCUT2D eigenvalue weighted by atomic mass is 9.98. The van der Waals surface area contributed by atoms with Crippen molar-refractivity contribution in [3.63, 3.8) is 0 Å². The van der Waals surface area contributed by atoms with Crippen molar-refractivity contribution < 1.29 is 24.0 Å². The quantitative estimate of drug-likeness (QED) is 0.184. The van der Waals surface area contributed by atoms with E-state index < -0.39 is 17.8 Å². The van der Waals surface area contributed by atoms with Crippen LogP contribution in [-0.4, -0.2) is 45.0 Å². The fourth-order valence-electron chi connectivity index (χ4n) is 4.03. The Balaban J connectivity index is 1.43. The Hall–Kier alpha value is -4.90. The van der Waals surface area contributed by atoms with Gasteiger partial charge < -0.3 is 10.6 Å². The molecule has 39 heavy (non-hydrogen) atoms. The van der Waals surface area contributed by atoms with Crippen molar-refractivity contribution in [2.24, 2.45) is 0 Å². The van der Waals surface area contributed by atoms with Crippen LogP contribution in [0.5, 0.6) is 0 Å². The van der Waals surface area contributed by atoms with Gasteiger partial charge in [-0.3, -0.25) is 19.6 Å². The number of carbonyl (C=O) groups excluding carboxylic acids is 3. The minimum Gasteiger partial charge on any atom is -0.355 e. The zero-order valence-electron chi connectivity index (χ0n) is 21.1. The minimum atomic E-state index is -0.575. The highest BCUT2D eigenvalue weighted by atomic mass is 19.1. The summed E-state index contributed by atoms with van der Waals surface area (Å²) in [5.41, 5.74) is 5.86. The van der Waals surface area contributed by atoms with Crippen molar-refractivity contribution in [1.29, 1.82) is 0 Å². The SMILES string of the molecule is CNC(=O)c1ccc(-c2ccc(C[C@H](CC(=O)NO)n3cc(CNC(=O)c4ccc(F)cc4)nn3)cc2)cc1. The van der Waals surface area contributed by atoms with Crippen LogP contribution < -0.4 is 16.1 Å². The smallest absolute Gasteiger partial charge is 0.251 e. The number of nitrogens with zero attached hydrogens (tertiary/aromatic N) is 3. The molecular formula is C28H27FN6O4. The average Bonchev–Trinajstić information content (AvgIpc) is 3.45. The predicted octanol–water partition coefficient (Wildman–Crippen LogP) is 3.05. The highest BCUT2D eigenvalue weighted by Gasteiger charge is 2.19. The number of nitrogens with one attached hydrogen (secondary N) is 3. The van der Waals surface area contributed by atoms with E-state index in [1.54, 1.807) is 30.9 Å². The van der Waals surface area contributed by atoms with E-state index in [2.05, 4.69) is 20.9 Å². The first-order valence-corrected chi connectivity index (χ1v) is 12.1. The van der Waals surface area contributed by atoms with Crippen molar-refractivity contribution in [3.05, 3.63) is 107 Å². The van der Waals surface area contributed by atoms with E-state index in [1.807, 2.05) is 36.4 Å². The zero-order chi connectivity index (χ0) is 27.8. The molecule has 0 aliphatic heterocycles. The molecule has 0 unspecified atom stereocenters. The summed E-state index contributed by atoms with van der Waals surface area (Å²) < 4.78 is 14.6. The molecule has 200 valence electrons. The van der Waals surface area contributed by atoms with E-state index in [0.29, 0.717) is 23.2 Å². The number of halogens is 1. The molecule has 3 aromatic carbocycles. The Kier molecular flexibility index (Phi) is 8.75. The molecule has 11 heteroatoms. The lowest BCUT2D eigenvalue weighted by Gasteiger charge is -2.16. The summed E-state index contributed by atoms with van der Waals surface area (Å²) in [6.07, 6.45) is 2.00. The second-order valence-corrected chi connectivity index (χ2v) is 8.83. The van der Waals surface area contributed by atoms with Crippen LogP contribution in [0.4, 0.5) is 4.39 Å². The lowest BCUT2D eigenvalue weighted by Crippen LogP contribution is -2.25. The standard InChI is InChI=1S/C28H27FN6O4/c1-30-27(37)21-8-6-20(7-9-21)19-4-2-18(3-5-19)14-25(15-26(36)33-39)35-17-24(32-34-35)16-31-28(38)22-10-12-23(29)13-11-22/h2-13,17,25,39H,14-16H2,1H3,(H,30,37)(H,31,38)(H,33,36)/t25-/m1/s1. The van der Waals surface area contributed by atoms with Crippen molar-refractivity contribution in [2.45, 2.75) is 25.4 Å². The fourth-order valence-corrected chi connectivity index (χ4v) is 4.03. The molecule has 0 saturated carbocycles.